The molecular formula is C25H30FN3O3. The Morgan fingerprint density at radius 1 is 1.06 bits per heavy atom. The van der Waals surface area contributed by atoms with Gasteiger partial charge < -0.3 is 15.5 Å². The van der Waals surface area contributed by atoms with Gasteiger partial charge in [-0.2, -0.15) is 0 Å². The van der Waals surface area contributed by atoms with Gasteiger partial charge in [0.1, 0.15) is 5.82 Å². The maximum Gasteiger partial charge on any atom is 0.251 e. The summed E-state index contributed by atoms with van der Waals surface area (Å²) >= 11 is 0. The number of hydrogen-bond acceptors (Lipinski definition) is 3. The highest BCUT2D eigenvalue weighted by molar-refractivity contribution is 5.98. The molecule has 1 heterocycles. The van der Waals surface area contributed by atoms with E-state index in [1.807, 2.05) is 0 Å². The number of benzene rings is 2. The number of carbonyl (C=O) groups excluding carboxylic acids is 3. The molecule has 6 nitrogen and oxygen atoms in total. The quantitative estimate of drug-likeness (QED) is 0.685. The van der Waals surface area contributed by atoms with E-state index in [1.54, 1.807) is 41.3 Å². The van der Waals surface area contributed by atoms with Crippen LogP contribution in [-0.2, 0) is 9.59 Å². The van der Waals surface area contributed by atoms with Crippen LogP contribution >= 0.6 is 0 Å². The third-order valence-electron chi connectivity index (χ3n) is 5.35. The fourth-order valence-corrected chi connectivity index (χ4v) is 3.78. The van der Waals surface area contributed by atoms with Gasteiger partial charge in [-0.25, -0.2) is 4.39 Å². The van der Waals surface area contributed by atoms with Crippen LogP contribution in [0.4, 0.5) is 10.1 Å². The Bertz CT molecular complexity index is 965. The zero-order valence-corrected chi connectivity index (χ0v) is 18.8. The van der Waals surface area contributed by atoms with Gasteiger partial charge >= 0.3 is 0 Å². The lowest BCUT2D eigenvalue weighted by Gasteiger charge is -2.27. The molecule has 0 saturated carbocycles. The van der Waals surface area contributed by atoms with Gasteiger partial charge in [-0.05, 0) is 60.2 Å². The van der Waals surface area contributed by atoms with Crippen LogP contribution in [0.3, 0.4) is 0 Å². The van der Waals surface area contributed by atoms with Crippen LogP contribution in [0.1, 0.15) is 62.0 Å². The van der Waals surface area contributed by atoms with Crippen LogP contribution < -0.4 is 15.5 Å². The smallest absolute Gasteiger partial charge is 0.251 e. The van der Waals surface area contributed by atoms with Crippen molar-refractivity contribution in [3.05, 3.63) is 65.5 Å². The number of carbonyl (C=O) groups is 3. The summed E-state index contributed by atoms with van der Waals surface area (Å²) in [5.74, 6) is -0.934. The minimum atomic E-state index is -0.367. The van der Waals surface area contributed by atoms with E-state index in [0.29, 0.717) is 24.9 Å². The Balaban J connectivity index is 1.57. The van der Waals surface area contributed by atoms with E-state index in [4.69, 9.17) is 0 Å². The van der Waals surface area contributed by atoms with Crippen molar-refractivity contribution in [3.8, 4) is 0 Å². The molecular weight excluding hydrogens is 409 g/mol. The van der Waals surface area contributed by atoms with Gasteiger partial charge in [0.2, 0.25) is 11.8 Å². The van der Waals surface area contributed by atoms with Crippen LogP contribution in [0, 0.1) is 11.2 Å². The molecule has 0 radical (unpaired) electrons. The molecule has 3 amide bonds. The Hall–Kier alpha value is -3.22. The molecule has 1 unspecified atom stereocenters. The van der Waals surface area contributed by atoms with Crippen LogP contribution in [0.2, 0.25) is 0 Å². The first-order valence-electron chi connectivity index (χ1n) is 10.9. The van der Waals surface area contributed by atoms with Crippen LogP contribution in [0.25, 0.3) is 0 Å². The lowest BCUT2D eigenvalue weighted by atomic mass is 9.85. The van der Waals surface area contributed by atoms with E-state index in [9.17, 15) is 18.8 Å². The normalized spacial score (nSPS) is 14.9. The van der Waals surface area contributed by atoms with E-state index in [-0.39, 0.29) is 41.5 Å². The van der Waals surface area contributed by atoms with Gasteiger partial charge in [0.05, 0.1) is 12.6 Å². The number of halogens is 1. The minimum Gasteiger partial charge on any atom is -0.348 e. The molecule has 2 aromatic carbocycles. The van der Waals surface area contributed by atoms with E-state index in [2.05, 4.69) is 31.4 Å². The number of nitrogens with one attached hydrogen (secondary N) is 2. The number of rotatable bonds is 7. The number of amides is 3. The Morgan fingerprint density at radius 2 is 1.72 bits per heavy atom. The molecule has 2 N–H and O–H groups in total. The lowest BCUT2D eigenvalue weighted by Crippen LogP contribution is -2.39. The van der Waals surface area contributed by atoms with E-state index in [1.165, 1.54) is 12.1 Å². The van der Waals surface area contributed by atoms with E-state index >= 15 is 0 Å². The summed E-state index contributed by atoms with van der Waals surface area (Å²) in [7, 11) is 0. The first kappa shape index (κ1) is 23.4. The summed E-state index contributed by atoms with van der Waals surface area (Å²) in [5, 5.41) is 5.58. The summed E-state index contributed by atoms with van der Waals surface area (Å²) in [6, 6.07) is 12.6. The summed E-state index contributed by atoms with van der Waals surface area (Å²) in [6.45, 7) is 6.71. The highest BCUT2D eigenvalue weighted by Gasteiger charge is 2.23. The second kappa shape index (κ2) is 9.94. The fourth-order valence-electron chi connectivity index (χ4n) is 3.78. The molecule has 0 aliphatic carbocycles. The first-order valence-corrected chi connectivity index (χ1v) is 10.9. The minimum absolute atomic E-state index is 0.0615. The van der Waals surface area contributed by atoms with Crippen LogP contribution in [0.15, 0.2) is 48.5 Å². The van der Waals surface area contributed by atoms with E-state index in [0.717, 1.165) is 17.7 Å². The summed E-state index contributed by atoms with van der Waals surface area (Å²) in [5.41, 5.74) is 1.94. The number of anilines is 1. The highest BCUT2D eigenvalue weighted by Crippen LogP contribution is 2.29. The van der Waals surface area contributed by atoms with Gasteiger partial charge in [-0.1, -0.05) is 32.9 Å². The first-order chi connectivity index (χ1) is 15.1. The van der Waals surface area contributed by atoms with Crippen molar-refractivity contribution in [2.45, 2.75) is 46.1 Å². The van der Waals surface area contributed by atoms with E-state index < -0.39 is 0 Å². The molecule has 7 heteroatoms. The Morgan fingerprint density at radius 3 is 2.28 bits per heavy atom. The number of nitrogens with zero attached hydrogens (tertiary/aromatic N) is 1. The topological polar surface area (TPSA) is 78.5 Å². The molecule has 3 rings (SSSR count). The molecule has 0 spiro atoms. The molecule has 32 heavy (non-hydrogen) atoms. The van der Waals surface area contributed by atoms with Crippen molar-refractivity contribution in [3.63, 3.8) is 0 Å². The van der Waals surface area contributed by atoms with Gasteiger partial charge in [0.15, 0.2) is 0 Å². The molecule has 0 bridgehead atoms. The zero-order chi connectivity index (χ0) is 23.3. The van der Waals surface area contributed by atoms with Gasteiger partial charge in [-0.15, -0.1) is 0 Å². The van der Waals surface area contributed by atoms with Crippen molar-refractivity contribution < 1.29 is 18.8 Å². The Labute approximate surface area is 188 Å². The van der Waals surface area contributed by atoms with Crippen LogP contribution in [0.5, 0.6) is 0 Å². The molecule has 1 aliphatic rings. The van der Waals surface area contributed by atoms with Crippen molar-refractivity contribution in [1.29, 1.82) is 0 Å². The van der Waals surface area contributed by atoms with Gasteiger partial charge in [0.25, 0.3) is 5.91 Å². The van der Waals surface area contributed by atoms with Crippen LogP contribution in [-0.4, -0.2) is 30.8 Å². The predicted molar refractivity (Wildman–Crippen MR) is 122 cm³/mol. The molecule has 1 aliphatic heterocycles. The summed E-state index contributed by atoms with van der Waals surface area (Å²) < 4.78 is 13.3. The van der Waals surface area contributed by atoms with Crippen molar-refractivity contribution in [1.82, 2.24) is 10.6 Å². The predicted octanol–water partition coefficient (Wildman–Crippen LogP) is 3.98. The average molecular weight is 440 g/mol. The molecule has 1 atom stereocenters. The maximum absolute atomic E-state index is 13.3. The second-order valence-electron chi connectivity index (χ2n) is 9.31. The third-order valence-corrected chi connectivity index (χ3v) is 5.35. The third kappa shape index (κ3) is 6.39. The highest BCUT2D eigenvalue weighted by atomic mass is 19.1. The zero-order valence-electron chi connectivity index (χ0n) is 18.8. The number of hydrogen-bond donors (Lipinski definition) is 2. The average Bonchev–Trinajstić information content (AvgIpc) is 3.17. The largest absolute Gasteiger partial charge is 0.348 e. The molecule has 2 aromatic rings. The lowest BCUT2D eigenvalue weighted by molar-refractivity contribution is -0.121. The van der Waals surface area contributed by atoms with Crippen molar-refractivity contribution in [2.75, 3.05) is 18.0 Å². The molecule has 1 fully saturated rings. The summed E-state index contributed by atoms with van der Waals surface area (Å²) in [6.07, 6.45) is 2.05. The maximum atomic E-state index is 13.3. The molecule has 1 saturated heterocycles. The SMILES string of the molecule is CC(C)(C)CC(NC(=O)CNC(=O)c1ccc(N2CCCC2=O)cc1)c1ccc(F)cc1. The van der Waals surface area contributed by atoms with Crippen molar-refractivity contribution in [2.24, 2.45) is 5.41 Å². The molecule has 0 aromatic heterocycles. The monoisotopic (exact) mass is 439 g/mol. The Kier molecular flexibility index (Phi) is 7.28. The second-order valence-corrected chi connectivity index (χ2v) is 9.31. The standard InChI is InChI=1S/C25H30FN3O3/c1-25(2,3)15-21(17-6-10-19(26)11-7-17)28-22(30)16-27-24(32)18-8-12-20(13-9-18)29-14-4-5-23(29)31/h6-13,21H,4-5,14-16H2,1-3H3,(H,27,32)(H,28,30). The van der Waals surface area contributed by atoms with Crippen molar-refractivity contribution >= 4 is 23.4 Å². The fraction of sp³-hybridized carbons (Fsp3) is 0.400. The molecule has 170 valence electrons. The summed E-state index contributed by atoms with van der Waals surface area (Å²) in [4.78, 5) is 38.5. The van der Waals surface area contributed by atoms with Gasteiger partial charge in [-0.3, -0.25) is 14.4 Å². The van der Waals surface area contributed by atoms with Gasteiger partial charge in [0, 0.05) is 24.2 Å².